The van der Waals surface area contributed by atoms with Crippen LogP contribution in [0.5, 0.6) is 0 Å². The predicted octanol–water partition coefficient (Wildman–Crippen LogP) is 7.09. The highest BCUT2D eigenvalue weighted by Crippen LogP contribution is 2.37. The highest BCUT2D eigenvalue weighted by molar-refractivity contribution is 7.17. The summed E-state index contributed by atoms with van der Waals surface area (Å²) in [6.45, 7) is 4.86. The average Bonchev–Trinajstić information content (AvgIpc) is 3.71. The Morgan fingerprint density at radius 1 is 0.974 bits per heavy atom. The van der Waals surface area contributed by atoms with Crippen LogP contribution >= 0.6 is 11.3 Å². The number of aromatic amines is 2. The van der Waals surface area contributed by atoms with Gasteiger partial charge in [-0.25, -0.2) is 4.98 Å². The lowest BCUT2D eigenvalue weighted by Crippen LogP contribution is -2.29. The number of hydrogen-bond donors (Lipinski definition) is 2. The number of benzene rings is 1. The van der Waals surface area contributed by atoms with Crippen LogP contribution in [-0.4, -0.2) is 48.9 Å². The minimum Gasteiger partial charge on any atom is -0.353 e. The molecule has 1 aromatic carbocycles. The van der Waals surface area contributed by atoms with E-state index in [9.17, 15) is 4.79 Å². The first-order valence-electron chi connectivity index (χ1n) is 13.4. The van der Waals surface area contributed by atoms with Crippen molar-refractivity contribution >= 4 is 39.1 Å². The second kappa shape index (κ2) is 9.87. The van der Waals surface area contributed by atoms with Crippen molar-refractivity contribution in [3.63, 3.8) is 0 Å². The van der Waals surface area contributed by atoms with Gasteiger partial charge < -0.3 is 4.98 Å². The Morgan fingerprint density at radius 3 is 2.69 bits per heavy atom. The number of likely N-dealkylation sites (tertiary alicyclic amines) is 1. The Balaban J connectivity index is 1.25. The van der Waals surface area contributed by atoms with Gasteiger partial charge >= 0.3 is 0 Å². The van der Waals surface area contributed by atoms with E-state index in [4.69, 9.17) is 0 Å². The van der Waals surface area contributed by atoms with Crippen molar-refractivity contribution in [3.8, 4) is 33.0 Å². The van der Waals surface area contributed by atoms with E-state index < -0.39 is 0 Å². The summed E-state index contributed by atoms with van der Waals surface area (Å²) in [4.78, 5) is 29.0. The monoisotopic (exact) mass is 532 g/mol. The third-order valence-corrected chi connectivity index (χ3v) is 8.76. The van der Waals surface area contributed by atoms with Gasteiger partial charge in [-0.3, -0.25) is 19.8 Å². The fraction of sp³-hybridized carbons (Fsp3) is 0.226. The van der Waals surface area contributed by atoms with E-state index in [2.05, 4.69) is 60.4 Å². The number of carbonyl (C=O) groups is 1. The van der Waals surface area contributed by atoms with Gasteiger partial charge in [-0.05, 0) is 74.8 Å². The normalized spacial score (nSPS) is 14.4. The molecule has 0 atom stereocenters. The average molecular weight is 533 g/mol. The van der Waals surface area contributed by atoms with E-state index >= 15 is 0 Å². The van der Waals surface area contributed by atoms with Gasteiger partial charge in [0.05, 0.1) is 10.6 Å². The van der Waals surface area contributed by atoms with Gasteiger partial charge in [0.1, 0.15) is 5.69 Å². The summed E-state index contributed by atoms with van der Waals surface area (Å²) in [5.74, 6) is 0.0895. The number of ketones is 1. The van der Waals surface area contributed by atoms with Crippen LogP contribution in [0.15, 0.2) is 67.1 Å². The summed E-state index contributed by atoms with van der Waals surface area (Å²) in [5.41, 5.74) is 7.92. The van der Waals surface area contributed by atoms with Gasteiger partial charge in [0, 0.05) is 63.0 Å². The highest BCUT2D eigenvalue weighted by atomic mass is 32.1. The van der Waals surface area contributed by atoms with Crippen LogP contribution in [0.4, 0.5) is 0 Å². The minimum absolute atomic E-state index is 0.0895. The maximum atomic E-state index is 11.9. The molecule has 7 nitrogen and oxygen atoms in total. The van der Waals surface area contributed by atoms with Crippen LogP contribution in [-0.2, 0) is 6.54 Å². The second-order valence-electron chi connectivity index (χ2n) is 10.3. The molecule has 1 aliphatic rings. The molecule has 1 fully saturated rings. The zero-order chi connectivity index (χ0) is 26.3. The first kappa shape index (κ1) is 23.9. The number of nitrogens with one attached hydrogen (secondary N) is 2. The lowest BCUT2D eigenvalue weighted by atomic mass is 10.0. The number of carbonyl (C=O) groups excluding carboxylic acids is 1. The predicted molar refractivity (Wildman–Crippen MR) is 157 cm³/mol. The van der Waals surface area contributed by atoms with Crippen molar-refractivity contribution in [2.45, 2.75) is 32.7 Å². The molecule has 7 rings (SSSR count). The molecule has 0 aliphatic carbocycles. The van der Waals surface area contributed by atoms with Crippen LogP contribution in [0.3, 0.4) is 0 Å². The van der Waals surface area contributed by atoms with Gasteiger partial charge in [0.2, 0.25) is 0 Å². The van der Waals surface area contributed by atoms with Crippen molar-refractivity contribution in [1.82, 2.24) is 30.0 Å². The van der Waals surface area contributed by atoms with E-state index in [0.29, 0.717) is 0 Å². The second-order valence-corrected chi connectivity index (χ2v) is 11.4. The number of pyridine rings is 2. The molecule has 6 aromatic rings. The Morgan fingerprint density at radius 2 is 1.85 bits per heavy atom. The van der Waals surface area contributed by atoms with Crippen LogP contribution in [0.2, 0.25) is 0 Å². The van der Waals surface area contributed by atoms with Crippen molar-refractivity contribution in [2.75, 3.05) is 13.1 Å². The van der Waals surface area contributed by atoms with Gasteiger partial charge in [-0.1, -0.05) is 18.6 Å². The number of hydrogen-bond acceptors (Lipinski definition) is 6. The van der Waals surface area contributed by atoms with Crippen LogP contribution < -0.4 is 0 Å². The molecular weight excluding hydrogens is 504 g/mol. The number of Topliss-reactive ketones (excluding diaryl/α,β-unsaturated/α-hetero) is 1. The molecule has 0 spiro atoms. The molecule has 1 saturated heterocycles. The zero-order valence-corrected chi connectivity index (χ0v) is 22.5. The molecule has 6 heterocycles. The maximum Gasteiger partial charge on any atom is 0.169 e. The summed E-state index contributed by atoms with van der Waals surface area (Å²) in [6, 6.07) is 16.7. The minimum atomic E-state index is 0.0895. The molecule has 0 amide bonds. The number of piperidine rings is 1. The molecular formula is C31H28N6OS. The topological polar surface area (TPSA) is 90.6 Å². The summed E-state index contributed by atoms with van der Waals surface area (Å²) >= 11 is 1.53. The molecule has 2 N–H and O–H groups in total. The maximum absolute atomic E-state index is 11.9. The largest absolute Gasteiger partial charge is 0.353 e. The lowest BCUT2D eigenvalue weighted by molar-refractivity contribution is 0.102. The Labute approximate surface area is 229 Å². The number of nitrogens with zero attached hydrogens (tertiary/aromatic N) is 4. The quantitative estimate of drug-likeness (QED) is 0.224. The summed E-state index contributed by atoms with van der Waals surface area (Å²) < 4.78 is 0. The first-order valence-corrected chi connectivity index (χ1v) is 14.2. The summed E-state index contributed by atoms with van der Waals surface area (Å²) in [7, 11) is 0. The fourth-order valence-electron chi connectivity index (χ4n) is 5.54. The molecule has 0 saturated carbocycles. The summed E-state index contributed by atoms with van der Waals surface area (Å²) in [6.07, 6.45) is 9.66. The molecule has 39 heavy (non-hydrogen) atoms. The zero-order valence-electron chi connectivity index (χ0n) is 21.7. The van der Waals surface area contributed by atoms with Crippen molar-refractivity contribution in [1.29, 1.82) is 0 Å². The van der Waals surface area contributed by atoms with E-state index in [-0.39, 0.29) is 5.78 Å². The fourth-order valence-corrected chi connectivity index (χ4v) is 6.48. The third kappa shape index (κ3) is 4.56. The van der Waals surface area contributed by atoms with Gasteiger partial charge in [0.15, 0.2) is 11.4 Å². The Kier molecular flexibility index (Phi) is 6.06. The molecule has 8 heteroatoms. The molecule has 194 valence electrons. The number of H-pyrrole nitrogens is 2. The van der Waals surface area contributed by atoms with E-state index in [1.807, 2.05) is 36.8 Å². The van der Waals surface area contributed by atoms with Crippen molar-refractivity contribution in [3.05, 3.63) is 77.6 Å². The standard InChI is InChI=1S/C31H28N6OS/c1-19(38)28-8-9-29(39-28)23-6-5-7-26-24(23)14-27(34-26)30-25-13-22(17-33-31(25)36-35-30)21-12-20(15-32-16-21)18-37-10-3-2-4-11-37/h5-9,12-17,34H,2-4,10-11,18H2,1H3,(H,33,35,36). The number of aromatic nitrogens is 5. The van der Waals surface area contributed by atoms with Crippen LogP contribution in [0.1, 0.15) is 41.4 Å². The Hall–Kier alpha value is -4.14. The van der Waals surface area contributed by atoms with Crippen molar-refractivity contribution < 1.29 is 4.79 Å². The lowest BCUT2D eigenvalue weighted by Gasteiger charge is -2.26. The van der Waals surface area contributed by atoms with Crippen molar-refractivity contribution in [2.24, 2.45) is 0 Å². The summed E-state index contributed by atoms with van der Waals surface area (Å²) in [5, 5.41) is 9.79. The number of rotatable bonds is 6. The Bertz CT molecular complexity index is 1820. The SMILES string of the molecule is CC(=O)c1ccc(-c2cccc3[nH]c(-c4n[nH]c5ncc(-c6cncc(CN7CCCCC7)c6)cc45)cc23)s1. The highest BCUT2D eigenvalue weighted by Gasteiger charge is 2.17. The molecule has 0 radical (unpaired) electrons. The first-order chi connectivity index (χ1) is 19.1. The molecule has 0 unspecified atom stereocenters. The molecule has 5 aromatic heterocycles. The van der Waals surface area contributed by atoms with Crippen LogP contribution in [0, 0.1) is 0 Å². The van der Waals surface area contributed by atoms with E-state index in [1.54, 1.807) is 6.92 Å². The van der Waals surface area contributed by atoms with Gasteiger partial charge in [0.25, 0.3) is 0 Å². The molecule has 0 bridgehead atoms. The van der Waals surface area contributed by atoms with Gasteiger partial charge in [-0.2, -0.15) is 5.10 Å². The molecule has 1 aliphatic heterocycles. The smallest absolute Gasteiger partial charge is 0.169 e. The van der Waals surface area contributed by atoms with Crippen LogP contribution in [0.25, 0.3) is 54.9 Å². The number of fused-ring (bicyclic) bond motifs is 2. The number of thiophene rings is 1. The van der Waals surface area contributed by atoms with E-state index in [1.165, 1.54) is 36.2 Å². The third-order valence-electron chi connectivity index (χ3n) is 7.54. The van der Waals surface area contributed by atoms with E-state index in [0.717, 1.165) is 79.4 Å². The van der Waals surface area contributed by atoms with Gasteiger partial charge in [-0.15, -0.1) is 11.3 Å².